The van der Waals surface area contributed by atoms with Crippen LogP contribution in [0.3, 0.4) is 0 Å². The lowest BCUT2D eigenvalue weighted by Gasteiger charge is -2.22. The molecule has 4 nitrogen and oxygen atoms in total. The third kappa shape index (κ3) is 2.15. The van der Waals surface area contributed by atoms with Crippen LogP contribution >= 0.6 is 0 Å². The number of aryl methyl sites for hydroxylation is 1. The quantitative estimate of drug-likeness (QED) is 0.890. The van der Waals surface area contributed by atoms with E-state index < -0.39 is 24.0 Å². The second-order valence-electron chi connectivity index (χ2n) is 5.39. The fourth-order valence-electron chi connectivity index (χ4n) is 3.08. The molecule has 2 aliphatic rings. The highest BCUT2D eigenvalue weighted by Crippen LogP contribution is 2.47. The number of ether oxygens (including phenoxy) is 2. The molecule has 1 aromatic rings. The van der Waals surface area contributed by atoms with Crippen LogP contribution in [0.1, 0.15) is 42.9 Å². The van der Waals surface area contributed by atoms with Gasteiger partial charge in [-0.2, -0.15) is 0 Å². The Hall–Kier alpha value is -1.39. The van der Waals surface area contributed by atoms with Crippen LogP contribution in [0.2, 0.25) is 0 Å². The number of benzene rings is 1. The van der Waals surface area contributed by atoms with Gasteiger partial charge in [-0.1, -0.05) is 24.3 Å². The van der Waals surface area contributed by atoms with Crippen molar-refractivity contribution in [2.24, 2.45) is 0 Å². The molecule has 1 spiro atoms. The molecule has 1 aliphatic heterocycles. The second-order valence-corrected chi connectivity index (χ2v) is 5.39. The summed E-state index contributed by atoms with van der Waals surface area (Å²) in [6.45, 7) is 1.97. The molecule has 1 saturated heterocycles. The topological polar surface area (TPSA) is 55.8 Å². The SMILES string of the molecule is Cc1ccccc1[C@H]1OC2(CCCC2)O[C@@H]1C(=O)O. The van der Waals surface area contributed by atoms with Crippen LogP contribution in [-0.4, -0.2) is 23.0 Å². The van der Waals surface area contributed by atoms with Crippen molar-refractivity contribution in [1.29, 1.82) is 0 Å². The summed E-state index contributed by atoms with van der Waals surface area (Å²) in [5.74, 6) is -1.62. The van der Waals surface area contributed by atoms with Crippen LogP contribution < -0.4 is 0 Å². The summed E-state index contributed by atoms with van der Waals surface area (Å²) in [5.41, 5.74) is 1.95. The van der Waals surface area contributed by atoms with E-state index in [9.17, 15) is 9.90 Å². The molecule has 0 unspecified atom stereocenters. The molecule has 1 aromatic carbocycles. The van der Waals surface area contributed by atoms with Gasteiger partial charge in [0.1, 0.15) is 6.10 Å². The number of carboxylic acids is 1. The summed E-state index contributed by atoms with van der Waals surface area (Å²) in [7, 11) is 0. The van der Waals surface area contributed by atoms with E-state index in [0.29, 0.717) is 0 Å². The molecule has 2 fully saturated rings. The number of aliphatic carboxylic acids is 1. The molecular formula is C15H18O4. The standard InChI is InChI=1S/C15H18O4/c1-10-6-2-3-7-11(10)12-13(14(16)17)19-15(18-12)8-4-5-9-15/h2-3,6-7,12-13H,4-5,8-9H2,1H3,(H,16,17)/t12-,13+/m1/s1. The van der Waals surface area contributed by atoms with E-state index in [1.54, 1.807) is 0 Å². The van der Waals surface area contributed by atoms with Crippen molar-refractivity contribution in [2.75, 3.05) is 0 Å². The first-order chi connectivity index (χ1) is 9.11. The Bertz CT molecular complexity index is 491. The van der Waals surface area contributed by atoms with Crippen molar-refractivity contribution in [2.45, 2.75) is 50.6 Å². The lowest BCUT2D eigenvalue weighted by Crippen LogP contribution is -2.29. The van der Waals surface area contributed by atoms with Crippen molar-refractivity contribution >= 4 is 5.97 Å². The maximum atomic E-state index is 11.4. The summed E-state index contributed by atoms with van der Waals surface area (Å²) in [6.07, 6.45) is 2.24. The number of carbonyl (C=O) groups is 1. The predicted molar refractivity (Wildman–Crippen MR) is 68.7 cm³/mol. The summed E-state index contributed by atoms with van der Waals surface area (Å²) in [6, 6.07) is 7.74. The lowest BCUT2D eigenvalue weighted by molar-refractivity contribution is -0.179. The molecule has 0 aromatic heterocycles. The zero-order valence-corrected chi connectivity index (χ0v) is 11.0. The molecule has 1 aliphatic carbocycles. The van der Waals surface area contributed by atoms with Gasteiger partial charge in [0.15, 0.2) is 11.9 Å². The van der Waals surface area contributed by atoms with E-state index in [1.807, 2.05) is 31.2 Å². The molecule has 2 atom stereocenters. The van der Waals surface area contributed by atoms with Crippen molar-refractivity contribution in [3.63, 3.8) is 0 Å². The maximum absolute atomic E-state index is 11.4. The first kappa shape index (κ1) is 12.6. The normalized spacial score (nSPS) is 28.9. The van der Waals surface area contributed by atoms with Crippen molar-refractivity contribution in [3.8, 4) is 0 Å². The van der Waals surface area contributed by atoms with E-state index in [1.165, 1.54) is 0 Å². The van der Waals surface area contributed by atoms with Gasteiger partial charge in [-0.05, 0) is 30.9 Å². The summed E-state index contributed by atoms with van der Waals surface area (Å²) >= 11 is 0. The highest BCUT2D eigenvalue weighted by Gasteiger charge is 2.52. The number of rotatable bonds is 2. The Morgan fingerprint density at radius 2 is 1.95 bits per heavy atom. The molecule has 0 bridgehead atoms. The Morgan fingerprint density at radius 1 is 1.26 bits per heavy atom. The van der Waals surface area contributed by atoms with Crippen molar-refractivity contribution in [3.05, 3.63) is 35.4 Å². The first-order valence-corrected chi connectivity index (χ1v) is 6.75. The minimum Gasteiger partial charge on any atom is -0.479 e. The van der Waals surface area contributed by atoms with Crippen LogP contribution in [0, 0.1) is 6.92 Å². The molecule has 19 heavy (non-hydrogen) atoms. The van der Waals surface area contributed by atoms with Gasteiger partial charge in [-0.25, -0.2) is 4.79 Å². The van der Waals surface area contributed by atoms with Gasteiger partial charge in [-0.15, -0.1) is 0 Å². The number of hydrogen-bond acceptors (Lipinski definition) is 3. The smallest absolute Gasteiger partial charge is 0.336 e. The minimum absolute atomic E-state index is 0.503. The Labute approximate surface area is 112 Å². The van der Waals surface area contributed by atoms with Crippen LogP contribution in [0.4, 0.5) is 0 Å². The first-order valence-electron chi connectivity index (χ1n) is 6.75. The van der Waals surface area contributed by atoms with Gasteiger partial charge in [-0.3, -0.25) is 0 Å². The Balaban J connectivity index is 1.95. The predicted octanol–water partition coefficient (Wildman–Crippen LogP) is 2.81. The van der Waals surface area contributed by atoms with Gasteiger partial charge < -0.3 is 14.6 Å². The maximum Gasteiger partial charge on any atom is 0.336 e. The van der Waals surface area contributed by atoms with E-state index >= 15 is 0 Å². The molecular weight excluding hydrogens is 244 g/mol. The third-order valence-corrected chi connectivity index (χ3v) is 4.06. The highest BCUT2D eigenvalue weighted by atomic mass is 16.8. The lowest BCUT2D eigenvalue weighted by atomic mass is 10.00. The van der Waals surface area contributed by atoms with Gasteiger partial charge in [0.2, 0.25) is 0 Å². The van der Waals surface area contributed by atoms with E-state index in [-0.39, 0.29) is 0 Å². The number of carboxylic acid groups (broad SMARTS) is 1. The zero-order valence-electron chi connectivity index (χ0n) is 11.0. The van der Waals surface area contributed by atoms with Crippen LogP contribution in [0.25, 0.3) is 0 Å². The molecule has 3 rings (SSSR count). The van der Waals surface area contributed by atoms with E-state index in [2.05, 4.69) is 0 Å². The van der Waals surface area contributed by atoms with Crippen molar-refractivity contribution in [1.82, 2.24) is 0 Å². The molecule has 102 valence electrons. The fraction of sp³-hybridized carbons (Fsp3) is 0.533. The molecule has 1 heterocycles. The number of hydrogen-bond donors (Lipinski definition) is 1. The van der Waals surface area contributed by atoms with E-state index in [4.69, 9.17) is 9.47 Å². The second kappa shape index (κ2) is 4.62. The zero-order chi connectivity index (χ0) is 13.5. The summed E-state index contributed by atoms with van der Waals surface area (Å²) in [4.78, 5) is 11.4. The van der Waals surface area contributed by atoms with Crippen LogP contribution in [0.5, 0.6) is 0 Å². The average molecular weight is 262 g/mol. The minimum atomic E-state index is -0.947. The van der Waals surface area contributed by atoms with Gasteiger partial charge in [0.25, 0.3) is 0 Å². The third-order valence-electron chi connectivity index (χ3n) is 4.06. The molecule has 0 amide bonds. The molecule has 0 radical (unpaired) electrons. The van der Waals surface area contributed by atoms with Crippen LogP contribution in [-0.2, 0) is 14.3 Å². The van der Waals surface area contributed by atoms with Crippen LogP contribution in [0.15, 0.2) is 24.3 Å². The fourth-order valence-corrected chi connectivity index (χ4v) is 3.08. The molecule has 4 heteroatoms. The molecule has 1 saturated carbocycles. The highest BCUT2D eigenvalue weighted by molar-refractivity contribution is 5.74. The Kier molecular flexibility index (Phi) is 3.07. The average Bonchev–Trinajstić information content (AvgIpc) is 2.98. The van der Waals surface area contributed by atoms with Gasteiger partial charge >= 0.3 is 5.97 Å². The monoisotopic (exact) mass is 262 g/mol. The Morgan fingerprint density at radius 3 is 2.58 bits per heavy atom. The summed E-state index contributed by atoms with van der Waals surface area (Å²) in [5, 5.41) is 9.37. The van der Waals surface area contributed by atoms with E-state index in [0.717, 1.165) is 36.8 Å². The van der Waals surface area contributed by atoms with Crippen molar-refractivity contribution < 1.29 is 19.4 Å². The summed E-state index contributed by atoms with van der Waals surface area (Å²) < 4.78 is 11.8. The molecule has 1 N–H and O–H groups in total. The van der Waals surface area contributed by atoms with Gasteiger partial charge in [0, 0.05) is 12.8 Å². The largest absolute Gasteiger partial charge is 0.479 e. The van der Waals surface area contributed by atoms with Gasteiger partial charge in [0.05, 0.1) is 0 Å².